The lowest BCUT2D eigenvalue weighted by Gasteiger charge is -2.06. The molecule has 2 rings (SSSR count). The van der Waals surface area contributed by atoms with Crippen molar-refractivity contribution < 1.29 is 4.74 Å². The molecule has 0 aliphatic carbocycles. The molecule has 0 saturated carbocycles. The van der Waals surface area contributed by atoms with Crippen LogP contribution in [0.15, 0.2) is 22.8 Å². The Morgan fingerprint density at radius 1 is 1.42 bits per heavy atom. The molecule has 2 aromatic rings. The first-order valence-electron chi connectivity index (χ1n) is 6.09. The molecule has 0 spiro atoms. The highest BCUT2D eigenvalue weighted by Gasteiger charge is 2.14. The van der Waals surface area contributed by atoms with Gasteiger partial charge in [-0.1, -0.05) is 0 Å². The lowest BCUT2D eigenvalue weighted by Crippen LogP contribution is -2.10. The topological polar surface area (TPSA) is 39.1 Å². The van der Waals surface area contributed by atoms with Gasteiger partial charge in [-0.2, -0.15) is 0 Å². The molecule has 0 aliphatic heterocycles. The van der Waals surface area contributed by atoms with Crippen molar-refractivity contribution in [1.82, 2.24) is 14.9 Å². The van der Waals surface area contributed by atoms with Gasteiger partial charge < -0.3 is 14.6 Å². The highest BCUT2D eigenvalue weighted by Crippen LogP contribution is 2.31. The molecule has 1 heterocycles. The van der Waals surface area contributed by atoms with Gasteiger partial charge in [-0.25, -0.2) is 4.98 Å². The summed E-state index contributed by atoms with van der Waals surface area (Å²) in [5.41, 5.74) is 3.15. The fourth-order valence-electron chi connectivity index (χ4n) is 2.05. The molecular formula is C14H18BrN3O. The van der Waals surface area contributed by atoms with Crippen molar-refractivity contribution in [2.75, 3.05) is 14.2 Å². The van der Waals surface area contributed by atoms with Gasteiger partial charge >= 0.3 is 0 Å². The van der Waals surface area contributed by atoms with Crippen LogP contribution in [0.5, 0.6) is 5.75 Å². The summed E-state index contributed by atoms with van der Waals surface area (Å²) >= 11 is 3.61. The summed E-state index contributed by atoms with van der Waals surface area (Å²) in [4.78, 5) is 4.68. The zero-order chi connectivity index (χ0) is 14.0. The first-order valence-corrected chi connectivity index (χ1v) is 6.88. The van der Waals surface area contributed by atoms with E-state index in [1.807, 2.05) is 37.7 Å². The smallest absolute Gasteiger partial charge is 0.124 e. The van der Waals surface area contributed by atoms with E-state index in [1.165, 1.54) is 0 Å². The Morgan fingerprint density at radius 3 is 2.74 bits per heavy atom. The monoisotopic (exact) mass is 323 g/mol. The summed E-state index contributed by atoms with van der Waals surface area (Å²) in [6, 6.07) is 6.10. The van der Waals surface area contributed by atoms with E-state index in [1.54, 1.807) is 7.11 Å². The van der Waals surface area contributed by atoms with Crippen LogP contribution in [0.2, 0.25) is 0 Å². The second-order valence-corrected chi connectivity index (χ2v) is 5.19. The van der Waals surface area contributed by atoms with E-state index >= 15 is 0 Å². The number of rotatable bonds is 4. The van der Waals surface area contributed by atoms with Crippen LogP contribution in [0.4, 0.5) is 0 Å². The summed E-state index contributed by atoms with van der Waals surface area (Å²) in [7, 11) is 5.60. The molecule has 4 nitrogen and oxygen atoms in total. The number of imidazole rings is 1. The molecule has 0 atom stereocenters. The van der Waals surface area contributed by atoms with E-state index in [4.69, 9.17) is 4.74 Å². The first-order chi connectivity index (χ1) is 9.08. The van der Waals surface area contributed by atoms with Crippen LogP contribution in [0.1, 0.15) is 11.4 Å². The van der Waals surface area contributed by atoms with E-state index in [0.29, 0.717) is 0 Å². The predicted molar refractivity (Wildman–Crippen MR) is 80.4 cm³/mol. The number of nitrogens with zero attached hydrogens (tertiary/aromatic N) is 2. The highest BCUT2D eigenvalue weighted by molar-refractivity contribution is 9.10. The van der Waals surface area contributed by atoms with E-state index in [2.05, 4.69) is 32.3 Å². The van der Waals surface area contributed by atoms with Crippen LogP contribution in [0.25, 0.3) is 11.3 Å². The maximum absolute atomic E-state index is 5.29. The Balaban J connectivity index is 2.47. The third-order valence-corrected chi connectivity index (χ3v) is 4.03. The van der Waals surface area contributed by atoms with Crippen LogP contribution in [0, 0.1) is 6.92 Å². The van der Waals surface area contributed by atoms with Gasteiger partial charge in [0.25, 0.3) is 0 Å². The van der Waals surface area contributed by atoms with Gasteiger partial charge in [0.05, 0.1) is 13.7 Å². The largest absolute Gasteiger partial charge is 0.496 e. The molecule has 0 saturated heterocycles. The number of methoxy groups -OCH3 is 1. The molecule has 1 N–H and O–H groups in total. The zero-order valence-corrected chi connectivity index (χ0v) is 13.2. The average molecular weight is 324 g/mol. The SMILES string of the molecule is CNCc1nc(-c2ccc(OC)c(C)c2)c(Br)n1C. The third-order valence-electron chi connectivity index (χ3n) is 3.12. The maximum Gasteiger partial charge on any atom is 0.124 e. The lowest BCUT2D eigenvalue weighted by molar-refractivity contribution is 0.412. The molecule has 0 bridgehead atoms. The van der Waals surface area contributed by atoms with Crippen molar-refractivity contribution >= 4 is 15.9 Å². The zero-order valence-electron chi connectivity index (χ0n) is 11.6. The Hall–Kier alpha value is -1.33. The minimum absolute atomic E-state index is 0.740. The normalized spacial score (nSPS) is 10.8. The number of aryl methyl sites for hydroxylation is 1. The van der Waals surface area contributed by atoms with Crippen LogP contribution < -0.4 is 10.1 Å². The summed E-state index contributed by atoms with van der Waals surface area (Å²) in [6.45, 7) is 2.78. The van der Waals surface area contributed by atoms with Crippen molar-refractivity contribution in [1.29, 1.82) is 0 Å². The second-order valence-electron chi connectivity index (χ2n) is 4.44. The molecule has 0 fully saturated rings. The summed E-state index contributed by atoms with van der Waals surface area (Å²) in [6.07, 6.45) is 0. The molecule has 0 aliphatic rings. The van der Waals surface area contributed by atoms with Crippen molar-refractivity contribution in [2.45, 2.75) is 13.5 Å². The Morgan fingerprint density at radius 2 is 2.16 bits per heavy atom. The highest BCUT2D eigenvalue weighted by atomic mass is 79.9. The van der Waals surface area contributed by atoms with Crippen molar-refractivity contribution in [2.24, 2.45) is 7.05 Å². The van der Waals surface area contributed by atoms with E-state index in [-0.39, 0.29) is 0 Å². The number of hydrogen-bond acceptors (Lipinski definition) is 3. The third kappa shape index (κ3) is 2.67. The van der Waals surface area contributed by atoms with Gasteiger partial charge in [0.1, 0.15) is 21.9 Å². The first kappa shape index (κ1) is 14.1. The van der Waals surface area contributed by atoms with E-state index in [9.17, 15) is 0 Å². The van der Waals surface area contributed by atoms with Crippen molar-refractivity contribution in [3.8, 4) is 17.0 Å². The minimum atomic E-state index is 0.740. The number of hydrogen-bond donors (Lipinski definition) is 1. The molecule has 0 unspecified atom stereocenters. The average Bonchev–Trinajstić information content (AvgIpc) is 2.67. The molecule has 1 aromatic heterocycles. The Bertz CT molecular complexity index is 593. The van der Waals surface area contributed by atoms with Gasteiger partial charge in [-0.15, -0.1) is 0 Å². The fraction of sp³-hybridized carbons (Fsp3) is 0.357. The van der Waals surface area contributed by atoms with Crippen molar-refractivity contribution in [3.05, 3.63) is 34.2 Å². The standard InChI is InChI=1S/C14H18BrN3O/c1-9-7-10(5-6-11(9)19-4)13-14(15)18(3)12(17-13)8-16-2/h5-7,16H,8H2,1-4H3. The number of ether oxygens (including phenoxy) is 1. The Labute approximate surface area is 121 Å². The summed E-state index contributed by atoms with van der Waals surface area (Å²) < 4.78 is 8.32. The molecule has 0 amide bonds. The van der Waals surface area contributed by atoms with Gasteiger partial charge in [0.2, 0.25) is 0 Å². The van der Waals surface area contributed by atoms with Gasteiger partial charge in [-0.05, 0) is 53.7 Å². The molecule has 102 valence electrons. The Kier molecular flexibility index (Phi) is 4.27. The van der Waals surface area contributed by atoms with Crippen LogP contribution in [-0.2, 0) is 13.6 Å². The number of nitrogens with one attached hydrogen (secondary N) is 1. The van der Waals surface area contributed by atoms with Gasteiger partial charge in [0.15, 0.2) is 0 Å². The number of aromatic nitrogens is 2. The second kappa shape index (κ2) is 5.75. The van der Waals surface area contributed by atoms with E-state index < -0.39 is 0 Å². The van der Waals surface area contributed by atoms with Crippen LogP contribution in [0.3, 0.4) is 0 Å². The lowest BCUT2D eigenvalue weighted by atomic mass is 10.1. The van der Waals surface area contributed by atoms with Gasteiger partial charge in [0, 0.05) is 12.6 Å². The summed E-state index contributed by atoms with van der Waals surface area (Å²) in [5, 5.41) is 3.12. The quantitative estimate of drug-likeness (QED) is 0.940. The fourth-order valence-corrected chi connectivity index (χ4v) is 2.57. The molecule has 5 heteroatoms. The van der Waals surface area contributed by atoms with Crippen molar-refractivity contribution in [3.63, 3.8) is 0 Å². The van der Waals surface area contributed by atoms with E-state index in [0.717, 1.165) is 39.5 Å². The number of benzene rings is 1. The van der Waals surface area contributed by atoms with Crippen LogP contribution >= 0.6 is 15.9 Å². The van der Waals surface area contributed by atoms with Crippen LogP contribution in [-0.4, -0.2) is 23.7 Å². The molecular weight excluding hydrogens is 306 g/mol. The molecule has 0 radical (unpaired) electrons. The number of halogens is 1. The predicted octanol–water partition coefficient (Wildman–Crippen LogP) is 2.89. The maximum atomic E-state index is 5.29. The van der Waals surface area contributed by atoms with Gasteiger partial charge in [-0.3, -0.25) is 0 Å². The summed E-state index contributed by atoms with van der Waals surface area (Å²) in [5.74, 6) is 1.89. The molecule has 1 aromatic carbocycles. The minimum Gasteiger partial charge on any atom is -0.496 e. The molecule has 19 heavy (non-hydrogen) atoms.